The van der Waals surface area contributed by atoms with Crippen LogP contribution in [0.25, 0.3) is 0 Å². The minimum absolute atomic E-state index is 0.195. The molecule has 0 radical (unpaired) electrons. The molecule has 0 saturated carbocycles. The second-order valence-electron chi connectivity index (χ2n) is 7.24. The molecule has 0 aliphatic rings. The summed E-state index contributed by atoms with van der Waals surface area (Å²) < 4.78 is 6.48. The van der Waals surface area contributed by atoms with Crippen molar-refractivity contribution in [2.45, 2.75) is 84.2 Å². The maximum Gasteiger partial charge on any atom is 0.192 e. The predicted octanol–water partition coefficient (Wildman–Crippen LogP) is 5.06. The van der Waals surface area contributed by atoms with E-state index in [1.54, 1.807) is 0 Å². The van der Waals surface area contributed by atoms with Crippen LogP contribution < -0.4 is 0 Å². The summed E-state index contributed by atoms with van der Waals surface area (Å²) in [5, 5.41) is 10.1. The highest BCUT2D eigenvalue weighted by Crippen LogP contribution is 2.38. The molecule has 118 valence electrons. The van der Waals surface area contributed by atoms with Gasteiger partial charge in [-0.1, -0.05) is 45.1 Å². The van der Waals surface area contributed by atoms with Gasteiger partial charge >= 0.3 is 0 Å². The van der Waals surface area contributed by atoms with Crippen LogP contribution in [0.5, 0.6) is 0 Å². The Balaban J connectivity index is 4.68. The molecule has 0 spiro atoms. The Labute approximate surface area is 127 Å². The normalized spacial score (nSPS) is 16.4. The van der Waals surface area contributed by atoms with E-state index in [1.165, 1.54) is 0 Å². The smallest absolute Gasteiger partial charge is 0.192 e. The summed E-state index contributed by atoms with van der Waals surface area (Å²) in [5.41, 5.74) is 0.835. The average Bonchev–Trinajstić information content (AvgIpc) is 2.30. The lowest BCUT2D eigenvalue weighted by atomic mass is 10.0. The van der Waals surface area contributed by atoms with E-state index in [0.717, 1.165) is 24.8 Å². The molecule has 0 bridgehead atoms. The lowest BCUT2D eigenvalue weighted by molar-refractivity contribution is 0.136. The van der Waals surface area contributed by atoms with Crippen molar-refractivity contribution in [3.63, 3.8) is 0 Å². The van der Waals surface area contributed by atoms with Crippen molar-refractivity contribution < 1.29 is 9.53 Å². The first-order valence-electron chi connectivity index (χ1n) is 7.63. The molecule has 0 heterocycles. The number of rotatable bonds is 8. The van der Waals surface area contributed by atoms with Gasteiger partial charge in [0.25, 0.3) is 0 Å². The van der Waals surface area contributed by atoms with Crippen molar-refractivity contribution in [3.8, 4) is 0 Å². The van der Waals surface area contributed by atoms with Crippen molar-refractivity contribution in [3.05, 3.63) is 24.3 Å². The van der Waals surface area contributed by atoms with Gasteiger partial charge in [0.05, 0.1) is 6.10 Å². The highest BCUT2D eigenvalue weighted by atomic mass is 28.4. The second kappa shape index (κ2) is 8.16. The van der Waals surface area contributed by atoms with Crippen LogP contribution in [0.15, 0.2) is 24.3 Å². The maximum atomic E-state index is 9.90. The summed E-state index contributed by atoms with van der Waals surface area (Å²) in [7, 11) is -1.76. The van der Waals surface area contributed by atoms with E-state index >= 15 is 0 Å². The molecule has 1 N–H and O–H groups in total. The zero-order chi connectivity index (χ0) is 16.0. The molecular weight excluding hydrogens is 264 g/mol. The number of allylic oxidation sites excluding steroid dienone is 1. The van der Waals surface area contributed by atoms with Crippen molar-refractivity contribution in [1.82, 2.24) is 0 Å². The Hall–Kier alpha value is -0.383. The fourth-order valence-corrected chi connectivity index (χ4v) is 3.10. The molecule has 0 saturated heterocycles. The molecule has 3 heteroatoms. The first-order valence-corrected chi connectivity index (χ1v) is 10.5. The van der Waals surface area contributed by atoms with Gasteiger partial charge in [0, 0.05) is 6.10 Å². The molecule has 0 rings (SSSR count). The summed E-state index contributed by atoms with van der Waals surface area (Å²) in [6.07, 6.45) is 6.54. The van der Waals surface area contributed by atoms with E-state index in [9.17, 15) is 5.11 Å². The summed E-state index contributed by atoms with van der Waals surface area (Å²) in [6, 6.07) is 0. The van der Waals surface area contributed by atoms with Gasteiger partial charge in [0.15, 0.2) is 8.32 Å². The number of aliphatic hydroxyl groups is 1. The van der Waals surface area contributed by atoms with Crippen molar-refractivity contribution in [2.24, 2.45) is 0 Å². The molecule has 0 aliphatic carbocycles. The number of aliphatic hydroxyl groups excluding tert-OH is 1. The zero-order valence-electron chi connectivity index (χ0n) is 14.5. The maximum absolute atomic E-state index is 9.90. The first-order chi connectivity index (χ1) is 9.01. The SMILES string of the molecule is C=C(C)[C@@H](O)CC[C@@H](C/C=C/C)O[Si](C)(C)C(C)(C)C. The quantitative estimate of drug-likeness (QED) is 0.501. The van der Waals surface area contributed by atoms with Crippen molar-refractivity contribution in [1.29, 1.82) is 0 Å². The number of hydrogen-bond acceptors (Lipinski definition) is 2. The van der Waals surface area contributed by atoms with Gasteiger partial charge in [-0.05, 0) is 51.2 Å². The van der Waals surface area contributed by atoms with Gasteiger partial charge in [-0.2, -0.15) is 0 Å². The fourth-order valence-electron chi connectivity index (χ4n) is 1.70. The Morgan fingerprint density at radius 1 is 1.30 bits per heavy atom. The van der Waals surface area contributed by atoms with E-state index in [4.69, 9.17) is 4.43 Å². The number of hydrogen-bond donors (Lipinski definition) is 1. The lowest BCUT2D eigenvalue weighted by Gasteiger charge is -2.39. The highest BCUT2D eigenvalue weighted by molar-refractivity contribution is 6.74. The van der Waals surface area contributed by atoms with Gasteiger partial charge in [-0.25, -0.2) is 0 Å². The van der Waals surface area contributed by atoms with E-state index in [0.29, 0.717) is 0 Å². The van der Waals surface area contributed by atoms with E-state index in [1.807, 2.05) is 13.8 Å². The minimum Gasteiger partial charge on any atom is -0.414 e. The molecule has 20 heavy (non-hydrogen) atoms. The van der Waals surface area contributed by atoms with E-state index in [-0.39, 0.29) is 11.1 Å². The predicted molar refractivity (Wildman–Crippen MR) is 91.6 cm³/mol. The van der Waals surface area contributed by atoms with Gasteiger partial charge in [0.2, 0.25) is 0 Å². The Kier molecular flexibility index (Phi) is 8.00. The molecule has 0 aromatic carbocycles. The standard InChI is InChI=1S/C17H34O2Si/c1-9-10-11-15(12-13-16(18)14(2)3)19-20(7,8)17(4,5)6/h9-10,15-16,18H,2,11-13H2,1,3-8H3/b10-9+/t15-,16+/m1/s1. The average molecular weight is 299 g/mol. The van der Waals surface area contributed by atoms with Gasteiger partial charge in [-0.15, -0.1) is 0 Å². The van der Waals surface area contributed by atoms with Crippen LogP contribution in [-0.4, -0.2) is 25.6 Å². The summed E-state index contributed by atoms with van der Waals surface area (Å²) in [5.74, 6) is 0. The van der Waals surface area contributed by atoms with Crippen LogP contribution >= 0.6 is 0 Å². The Morgan fingerprint density at radius 2 is 1.85 bits per heavy atom. The first kappa shape index (κ1) is 19.6. The van der Waals surface area contributed by atoms with Crippen LogP contribution in [0.2, 0.25) is 18.1 Å². The largest absolute Gasteiger partial charge is 0.414 e. The van der Waals surface area contributed by atoms with Crippen LogP contribution in [0.1, 0.15) is 53.9 Å². The summed E-state index contributed by atoms with van der Waals surface area (Å²) in [4.78, 5) is 0. The van der Waals surface area contributed by atoms with E-state index < -0.39 is 14.4 Å². The molecule has 0 amide bonds. The molecule has 0 fully saturated rings. The molecular formula is C17H34O2Si. The molecule has 0 aromatic rings. The fraction of sp³-hybridized carbons (Fsp3) is 0.765. The van der Waals surface area contributed by atoms with Crippen LogP contribution in [0.3, 0.4) is 0 Å². The third-order valence-corrected chi connectivity index (χ3v) is 8.77. The van der Waals surface area contributed by atoms with Gasteiger partial charge in [0.1, 0.15) is 0 Å². The van der Waals surface area contributed by atoms with Gasteiger partial charge in [-0.3, -0.25) is 0 Å². The molecule has 2 atom stereocenters. The van der Waals surface area contributed by atoms with Crippen LogP contribution in [0, 0.1) is 0 Å². The molecule has 0 aliphatic heterocycles. The lowest BCUT2D eigenvalue weighted by Crippen LogP contribution is -2.44. The molecule has 0 aromatic heterocycles. The summed E-state index contributed by atoms with van der Waals surface area (Å²) >= 11 is 0. The summed E-state index contributed by atoms with van der Waals surface area (Å²) in [6.45, 7) is 19.1. The Bertz CT molecular complexity index is 326. The van der Waals surface area contributed by atoms with Crippen LogP contribution in [0.4, 0.5) is 0 Å². The van der Waals surface area contributed by atoms with Gasteiger partial charge < -0.3 is 9.53 Å². The van der Waals surface area contributed by atoms with E-state index in [2.05, 4.69) is 52.6 Å². The molecule has 2 nitrogen and oxygen atoms in total. The monoisotopic (exact) mass is 298 g/mol. The Morgan fingerprint density at radius 3 is 2.25 bits per heavy atom. The molecule has 0 unspecified atom stereocenters. The topological polar surface area (TPSA) is 29.5 Å². The van der Waals surface area contributed by atoms with Crippen LogP contribution in [-0.2, 0) is 4.43 Å². The third kappa shape index (κ3) is 6.87. The van der Waals surface area contributed by atoms with Crippen molar-refractivity contribution >= 4 is 8.32 Å². The van der Waals surface area contributed by atoms with Crippen molar-refractivity contribution in [2.75, 3.05) is 0 Å². The minimum atomic E-state index is -1.76. The zero-order valence-corrected chi connectivity index (χ0v) is 15.5. The second-order valence-corrected chi connectivity index (χ2v) is 12.0. The highest BCUT2D eigenvalue weighted by Gasteiger charge is 2.38. The third-order valence-electron chi connectivity index (χ3n) is 4.23.